The molecule has 1 aliphatic rings. The van der Waals surface area contributed by atoms with Gasteiger partial charge < -0.3 is 14.5 Å². The number of hydrogen-bond acceptors (Lipinski definition) is 5. The lowest BCUT2D eigenvalue weighted by molar-refractivity contribution is 0.0692. The third-order valence-corrected chi connectivity index (χ3v) is 6.71. The maximum atomic E-state index is 14.1. The lowest BCUT2D eigenvalue weighted by Gasteiger charge is -2.26. The van der Waals surface area contributed by atoms with Gasteiger partial charge in [0.05, 0.1) is 5.56 Å². The van der Waals surface area contributed by atoms with E-state index in [9.17, 15) is 9.18 Å². The van der Waals surface area contributed by atoms with E-state index in [1.807, 2.05) is 6.07 Å². The van der Waals surface area contributed by atoms with Crippen molar-refractivity contribution in [3.05, 3.63) is 58.9 Å². The van der Waals surface area contributed by atoms with E-state index in [4.69, 9.17) is 9.63 Å². The van der Waals surface area contributed by atoms with Gasteiger partial charge in [-0.2, -0.15) is 4.98 Å². The zero-order valence-corrected chi connectivity index (χ0v) is 20.1. The van der Waals surface area contributed by atoms with Gasteiger partial charge in [0.2, 0.25) is 5.82 Å². The summed E-state index contributed by atoms with van der Waals surface area (Å²) in [6.07, 6.45) is 7.59. The summed E-state index contributed by atoms with van der Waals surface area (Å²) in [4.78, 5) is 17.7. The molecule has 7 heteroatoms. The fraction of sp³-hybridized carbons (Fsp3) is 0.444. The van der Waals surface area contributed by atoms with E-state index in [0.717, 1.165) is 24.1 Å². The van der Waals surface area contributed by atoms with E-state index < -0.39 is 11.8 Å². The van der Waals surface area contributed by atoms with Crippen LogP contribution in [0.25, 0.3) is 22.8 Å². The van der Waals surface area contributed by atoms with Crippen LogP contribution in [0.1, 0.15) is 72.9 Å². The minimum Gasteiger partial charge on any atom is -0.478 e. The number of rotatable bonds is 6. The highest BCUT2D eigenvalue weighted by molar-refractivity contribution is 5.88. The first-order valence-corrected chi connectivity index (χ1v) is 12.0. The minimum atomic E-state index is -1.31. The van der Waals surface area contributed by atoms with Crippen LogP contribution in [0.4, 0.5) is 4.39 Å². The molecule has 6 nitrogen and oxygen atoms in total. The zero-order chi connectivity index (χ0) is 24.2. The summed E-state index contributed by atoms with van der Waals surface area (Å²) in [6.45, 7) is 3.18. The Bertz CT molecular complexity index is 1160. The van der Waals surface area contributed by atoms with Gasteiger partial charge in [-0.1, -0.05) is 43.8 Å². The number of hydrogen-bond donors (Lipinski definition) is 1. The second-order valence-electron chi connectivity index (χ2n) is 9.74. The van der Waals surface area contributed by atoms with Crippen molar-refractivity contribution in [1.29, 1.82) is 0 Å². The minimum absolute atomic E-state index is 0.220. The molecule has 180 valence electrons. The highest BCUT2D eigenvalue weighted by Gasteiger charge is 2.21. The summed E-state index contributed by atoms with van der Waals surface area (Å²) in [5, 5.41) is 13.0. The topological polar surface area (TPSA) is 79.5 Å². The predicted octanol–water partition coefficient (Wildman–Crippen LogP) is 6.38. The molecule has 0 aliphatic heterocycles. The van der Waals surface area contributed by atoms with Crippen molar-refractivity contribution in [1.82, 2.24) is 15.0 Å². The maximum absolute atomic E-state index is 14.1. The van der Waals surface area contributed by atoms with Crippen LogP contribution in [-0.4, -0.2) is 40.2 Å². The molecule has 1 fully saturated rings. The van der Waals surface area contributed by atoms with Crippen molar-refractivity contribution in [2.45, 2.75) is 57.9 Å². The average molecular weight is 466 g/mol. The SMILES string of the molecule is CC1CCCCC(c2ccc(-c3nc(-c4ccc(C(=O)O)c(F)c4)no3)cc2CN(C)C)CC1. The van der Waals surface area contributed by atoms with Crippen LogP contribution in [0.3, 0.4) is 0 Å². The van der Waals surface area contributed by atoms with Gasteiger partial charge in [0, 0.05) is 17.7 Å². The van der Waals surface area contributed by atoms with Gasteiger partial charge in [-0.25, -0.2) is 9.18 Å². The monoisotopic (exact) mass is 465 g/mol. The molecular weight excluding hydrogens is 433 g/mol. The molecule has 4 rings (SSSR count). The predicted molar refractivity (Wildman–Crippen MR) is 129 cm³/mol. The molecule has 1 aliphatic carbocycles. The fourth-order valence-corrected chi connectivity index (χ4v) is 4.87. The van der Waals surface area contributed by atoms with Crippen molar-refractivity contribution < 1.29 is 18.8 Å². The molecule has 3 aromatic rings. The van der Waals surface area contributed by atoms with Gasteiger partial charge in [-0.15, -0.1) is 0 Å². The number of nitrogens with zero attached hydrogens (tertiary/aromatic N) is 3. The number of halogens is 1. The van der Waals surface area contributed by atoms with Crippen molar-refractivity contribution in [3.63, 3.8) is 0 Å². The van der Waals surface area contributed by atoms with Gasteiger partial charge in [0.15, 0.2) is 0 Å². The highest BCUT2D eigenvalue weighted by Crippen LogP contribution is 2.36. The van der Waals surface area contributed by atoms with Gasteiger partial charge >= 0.3 is 5.97 Å². The molecular formula is C27H32FN3O3. The van der Waals surface area contributed by atoms with Crippen molar-refractivity contribution in [2.24, 2.45) is 5.92 Å². The molecule has 1 aromatic heterocycles. The lowest BCUT2D eigenvalue weighted by atomic mass is 9.80. The molecule has 2 atom stereocenters. The Labute approximate surface area is 199 Å². The quantitative estimate of drug-likeness (QED) is 0.455. The van der Waals surface area contributed by atoms with E-state index in [1.54, 1.807) is 0 Å². The summed E-state index contributed by atoms with van der Waals surface area (Å²) < 4.78 is 19.6. The molecule has 2 aromatic carbocycles. The third-order valence-electron chi connectivity index (χ3n) is 6.71. The Hall–Kier alpha value is -3.06. The first-order chi connectivity index (χ1) is 16.3. The normalized spacial score (nSPS) is 19.1. The van der Waals surface area contributed by atoms with E-state index >= 15 is 0 Å². The number of benzene rings is 2. The molecule has 2 unspecified atom stereocenters. The summed E-state index contributed by atoms with van der Waals surface area (Å²) in [6, 6.07) is 10.2. The van der Waals surface area contributed by atoms with Crippen LogP contribution >= 0.6 is 0 Å². The Balaban J connectivity index is 1.63. The first-order valence-electron chi connectivity index (χ1n) is 12.0. The lowest BCUT2D eigenvalue weighted by Crippen LogP contribution is -2.15. The molecule has 1 N–H and O–H groups in total. The van der Waals surface area contributed by atoms with Crippen LogP contribution in [0, 0.1) is 11.7 Å². The smallest absolute Gasteiger partial charge is 0.338 e. The third kappa shape index (κ3) is 5.53. The molecule has 0 amide bonds. The van der Waals surface area contributed by atoms with Crippen molar-refractivity contribution in [2.75, 3.05) is 14.1 Å². The fourth-order valence-electron chi connectivity index (χ4n) is 4.87. The molecule has 1 saturated carbocycles. The van der Waals surface area contributed by atoms with Crippen LogP contribution in [-0.2, 0) is 6.54 Å². The molecule has 34 heavy (non-hydrogen) atoms. The highest BCUT2D eigenvalue weighted by atomic mass is 19.1. The van der Waals surface area contributed by atoms with Crippen molar-refractivity contribution >= 4 is 5.97 Å². The summed E-state index contributed by atoms with van der Waals surface area (Å²) in [7, 11) is 4.13. The van der Waals surface area contributed by atoms with Crippen LogP contribution < -0.4 is 0 Å². The second kappa shape index (κ2) is 10.5. The Morgan fingerprint density at radius 3 is 2.59 bits per heavy atom. The Morgan fingerprint density at radius 1 is 1.09 bits per heavy atom. The largest absolute Gasteiger partial charge is 0.478 e. The molecule has 0 radical (unpaired) electrons. The summed E-state index contributed by atoms with van der Waals surface area (Å²) in [5.74, 6) is -0.229. The van der Waals surface area contributed by atoms with Crippen molar-refractivity contribution in [3.8, 4) is 22.8 Å². The summed E-state index contributed by atoms with van der Waals surface area (Å²) in [5.41, 5.74) is 3.46. The van der Waals surface area contributed by atoms with Gasteiger partial charge in [0.1, 0.15) is 5.82 Å². The van der Waals surface area contributed by atoms with Crippen LogP contribution in [0.2, 0.25) is 0 Å². The van der Waals surface area contributed by atoms with Gasteiger partial charge in [0.25, 0.3) is 5.89 Å². The first kappa shape index (κ1) is 24.1. The van der Waals surface area contributed by atoms with Gasteiger partial charge in [-0.05, 0) is 80.2 Å². The van der Waals surface area contributed by atoms with Gasteiger partial charge in [-0.3, -0.25) is 0 Å². The number of carbonyl (C=O) groups is 1. The van der Waals surface area contributed by atoms with E-state index in [2.05, 4.69) is 48.2 Å². The molecule has 0 bridgehead atoms. The standard InChI is InChI=1S/C27H32FN3O3/c1-17-6-4-5-7-18(9-8-17)22-12-11-20(14-21(22)16-31(2)3)26-29-25(30-34-26)19-10-13-23(27(32)33)24(28)15-19/h10-15,17-18H,4-9,16H2,1-3H3,(H,32,33). The number of carboxylic acid groups (broad SMARTS) is 1. The van der Waals surface area contributed by atoms with E-state index in [0.29, 0.717) is 17.4 Å². The average Bonchev–Trinajstić information content (AvgIpc) is 3.27. The number of aromatic nitrogens is 2. The van der Waals surface area contributed by atoms with Crippen LogP contribution in [0.15, 0.2) is 40.9 Å². The number of aromatic carboxylic acids is 1. The zero-order valence-electron chi connectivity index (χ0n) is 20.1. The number of carboxylic acids is 1. The second-order valence-corrected chi connectivity index (χ2v) is 9.74. The molecule has 1 heterocycles. The maximum Gasteiger partial charge on any atom is 0.338 e. The Morgan fingerprint density at radius 2 is 1.85 bits per heavy atom. The van der Waals surface area contributed by atoms with E-state index in [1.165, 1.54) is 61.8 Å². The van der Waals surface area contributed by atoms with Crippen LogP contribution in [0.5, 0.6) is 0 Å². The molecule has 0 spiro atoms. The van der Waals surface area contributed by atoms with E-state index in [-0.39, 0.29) is 11.4 Å². The Kier molecular flexibility index (Phi) is 7.41. The summed E-state index contributed by atoms with van der Waals surface area (Å²) >= 11 is 0. The molecule has 0 saturated heterocycles.